The lowest BCUT2D eigenvalue weighted by atomic mass is 10.1. The fourth-order valence-electron chi connectivity index (χ4n) is 1.36. The Bertz CT molecular complexity index is 453. The molecule has 0 spiro atoms. The van der Waals surface area contributed by atoms with Crippen LogP contribution in [0.5, 0.6) is 0 Å². The zero-order valence-electron chi connectivity index (χ0n) is 8.33. The van der Waals surface area contributed by atoms with Crippen LogP contribution in [0.15, 0.2) is 34.9 Å². The van der Waals surface area contributed by atoms with E-state index in [2.05, 4.69) is 10.5 Å². The summed E-state index contributed by atoms with van der Waals surface area (Å²) in [4.78, 5) is 0. The molecular weight excluding hydrogens is 212 g/mol. The lowest BCUT2D eigenvalue weighted by Gasteiger charge is -1.96. The summed E-state index contributed by atoms with van der Waals surface area (Å²) in [6.45, 7) is 0.688. The van der Waals surface area contributed by atoms with E-state index in [0.717, 1.165) is 11.3 Å². The Morgan fingerprint density at radius 1 is 1.40 bits per heavy atom. The lowest BCUT2D eigenvalue weighted by Crippen LogP contribution is -2.04. The van der Waals surface area contributed by atoms with E-state index in [1.54, 1.807) is 0 Å². The van der Waals surface area contributed by atoms with Crippen LogP contribution in [-0.4, -0.2) is 12.2 Å². The van der Waals surface area contributed by atoms with Crippen LogP contribution in [0.25, 0.3) is 11.3 Å². The molecule has 2 aromatic rings. The minimum absolute atomic E-state index is 0.671. The number of aromatic nitrogens is 1. The molecule has 0 radical (unpaired) electrons. The normalized spacial score (nSPS) is 10.5. The number of nitrogens with zero attached hydrogens (tertiary/aromatic N) is 1. The van der Waals surface area contributed by atoms with Crippen molar-refractivity contribution >= 4 is 11.6 Å². The van der Waals surface area contributed by atoms with Crippen LogP contribution in [-0.2, 0) is 6.54 Å². The van der Waals surface area contributed by atoms with Gasteiger partial charge in [-0.2, -0.15) is 0 Å². The van der Waals surface area contributed by atoms with Crippen LogP contribution in [0.3, 0.4) is 0 Å². The highest BCUT2D eigenvalue weighted by Crippen LogP contribution is 2.27. The maximum atomic E-state index is 6.04. The maximum absolute atomic E-state index is 6.04. The molecule has 0 atom stereocenters. The zero-order chi connectivity index (χ0) is 10.7. The van der Waals surface area contributed by atoms with Crippen molar-refractivity contribution in [1.82, 2.24) is 10.5 Å². The van der Waals surface area contributed by atoms with Gasteiger partial charge in [-0.1, -0.05) is 28.9 Å². The average Bonchev–Trinajstić information content (AvgIpc) is 2.68. The van der Waals surface area contributed by atoms with Crippen molar-refractivity contribution < 1.29 is 4.52 Å². The quantitative estimate of drug-likeness (QED) is 0.868. The van der Waals surface area contributed by atoms with Gasteiger partial charge in [0.2, 0.25) is 0 Å². The summed E-state index contributed by atoms with van der Waals surface area (Å²) in [5.41, 5.74) is 1.74. The molecule has 0 saturated carbocycles. The molecule has 0 aliphatic rings. The molecule has 0 unspecified atom stereocenters. The van der Waals surface area contributed by atoms with Gasteiger partial charge in [0, 0.05) is 18.2 Å². The molecule has 4 heteroatoms. The van der Waals surface area contributed by atoms with E-state index >= 15 is 0 Å². The van der Waals surface area contributed by atoms with Crippen LogP contribution in [0.2, 0.25) is 5.02 Å². The average molecular weight is 223 g/mol. The van der Waals surface area contributed by atoms with Crippen molar-refractivity contribution in [3.63, 3.8) is 0 Å². The van der Waals surface area contributed by atoms with Gasteiger partial charge in [-0.05, 0) is 19.2 Å². The summed E-state index contributed by atoms with van der Waals surface area (Å²) < 4.78 is 5.21. The molecule has 1 aromatic carbocycles. The molecule has 0 fully saturated rings. The Balaban J connectivity index is 2.33. The topological polar surface area (TPSA) is 38.1 Å². The Morgan fingerprint density at radius 3 is 2.93 bits per heavy atom. The monoisotopic (exact) mass is 222 g/mol. The third-order valence-corrected chi connectivity index (χ3v) is 2.39. The molecular formula is C11H11ClN2O. The van der Waals surface area contributed by atoms with Crippen molar-refractivity contribution in [2.24, 2.45) is 0 Å². The lowest BCUT2D eigenvalue weighted by molar-refractivity contribution is 0.421. The summed E-state index contributed by atoms with van der Waals surface area (Å²) in [5.74, 6) is 0.700. The summed E-state index contributed by atoms with van der Waals surface area (Å²) in [6.07, 6.45) is 0. The molecule has 0 bridgehead atoms. The van der Waals surface area contributed by atoms with E-state index in [4.69, 9.17) is 16.1 Å². The first-order chi connectivity index (χ1) is 7.31. The van der Waals surface area contributed by atoms with Gasteiger partial charge < -0.3 is 9.84 Å². The second-order valence-electron chi connectivity index (χ2n) is 3.19. The Morgan fingerprint density at radius 2 is 2.20 bits per heavy atom. The fraction of sp³-hybridized carbons (Fsp3) is 0.182. The highest BCUT2D eigenvalue weighted by molar-refractivity contribution is 6.33. The molecule has 78 valence electrons. The first kappa shape index (κ1) is 10.2. The van der Waals surface area contributed by atoms with Gasteiger partial charge in [-0.25, -0.2) is 0 Å². The third kappa shape index (κ3) is 2.19. The molecule has 15 heavy (non-hydrogen) atoms. The van der Waals surface area contributed by atoms with E-state index in [0.29, 0.717) is 17.3 Å². The molecule has 3 nitrogen and oxygen atoms in total. The van der Waals surface area contributed by atoms with Crippen LogP contribution in [0.1, 0.15) is 5.69 Å². The zero-order valence-corrected chi connectivity index (χ0v) is 9.08. The summed E-state index contributed by atoms with van der Waals surface area (Å²) in [5, 5.41) is 7.61. The third-order valence-electron chi connectivity index (χ3n) is 2.06. The summed E-state index contributed by atoms with van der Waals surface area (Å²) >= 11 is 6.04. The van der Waals surface area contributed by atoms with Gasteiger partial charge in [-0.15, -0.1) is 0 Å². The number of hydrogen-bond donors (Lipinski definition) is 1. The number of rotatable bonds is 3. The predicted molar refractivity (Wildman–Crippen MR) is 59.7 cm³/mol. The van der Waals surface area contributed by atoms with Crippen molar-refractivity contribution in [3.05, 3.63) is 41.0 Å². The van der Waals surface area contributed by atoms with E-state index in [-0.39, 0.29) is 0 Å². The first-order valence-corrected chi connectivity index (χ1v) is 5.04. The highest BCUT2D eigenvalue weighted by atomic mass is 35.5. The first-order valence-electron chi connectivity index (χ1n) is 4.66. The molecule has 0 saturated heterocycles. The minimum atomic E-state index is 0.671. The van der Waals surface area contributed by atoms with Gasteiger partial charge in [0.25, 0.3) is 0 Å². The van der Waals surface area contributed by atoms with Crippen LogP contribution in [0, 0.1) is 0 Å². The fourth-order valence-corrected chi connectivity index (χ4v) is 1.59. The van der Waals surface area contributed by atoms with Crippen molar-refractivity contribution in [3.8, 4) is 11.3 Å². The van der Waals surface area contributed by atoms with Gasteiger partial charge in [0.15, 0.2) is 5.76 Å². The molecule has 2 rings (SSSR count). The molecule has 1 aromatic heterocycles. The van der Waals surface area contributed by atoms with Crippen LogP contribution < -0.4 is 5.32 Å². The molecule has 0 amide bonds. The molecule has 1 heterocycles. The number of benzene rings is 1. The van der Waals surface area contributed by atoms with Gasteiger partial charge in [-0.3, -0.25) is 0 Å². The van der Waals surface area contributed by atoms with Crippen molar-refractivity contribution in [1.29, 1.82) is 0 Å². The second-order valence-corrected chi connectivity index (χ2v) is 3.60. The van der Waals surface area contributed by atoms with E-state index in [9.17, 15) is 0 Å². The molecule has 0 aliphatic heterocycles. The number of halogens is 1. The van der Waals surface area contributed by atoms with Gasteiger partial charge >= 0.3 is 0 Å². The van der Waals surface area contributed by atoms with Gasteiger partial charge in [0.1, 0.15) is 0 Å². The predicted octanol–water partition coefficient (Wildman–Crippen LogP) is 2.71. The van der Waals surface area contributed by atoms with E-state index in [1.165, 1.54) is 0 Å². The molecule has 0 aliphatic carbocycles. The van der Waals surface area contributed by atoms with Gasteiger partial charge in [0.05, 0.1) is 10.7 Å². The van der Waals surface area contributed by atoms with Crippen molar-refractivity contribution in [2.45, 2.75) is 6.54 Å². The molecule has 1 N–H and O–H groups in total. The SMILES string of the molecule is CNCc1cc(-c2ccccc2Cl)on1. The second kappa shape index (κ2) is 4.47. The summed E-state index contributed by atoms with van der Waals surface area (Å²) in [7, 11) is 1.86. The van der Waals surface area contributed by atoms with Crippen LogP contribution >= 0.6 is 11.6 Å². The standard InChI is InChI=1S/C11H11ClN2O/c1-13-7-8-6-11(15-14-8)9-4-2-3-5-10(9)12/h2-6,13H,7H2,1H3. The van der Waals surface area contributed by atoms with Crippen LogP contribution in [0.4, 0.5) is 0 Å². The Kier molecular flexibility index (Phi) is 3.04. The highest BCUT2D eigenvalue weighted by Gasteiger charge is 2.08. The smallest absolute Gasteiger partial charge is 0.168 e. The largest absolute Gasteiger partial charge is 0.356 e. The number of hydrogen-bond acceptors (Lipinski definition) is 3. The maximum Gasteiger partial charge on any atom is 0.168 e. The van der Waals surface area contributed by atoms with E-state index < -0.39 is 0 Å². The van der Waals surface area contributed by atoms with E-state index in [1.807, 2.05) is 37.4 Å². The Hall–Kier alpha value is -1.32. The van der Waals surface area contributed by atoms with Crippen molar-refractivity contribution in [2.75, 3.05) is 7.05 Å². The number of nitrogens with one attached hydrogen (secondary N) is 1. The summed E-state index contributed by atoms with van der Waals surface area (Å²) in [6, 6.07) is 9.43. The minimum Gasteiger partial charge on any atom is -0.356 e. The Labute approximate surface area is 93.0 Å².